The molecule has 0 atom stereocenters. The van der Waals surface area contributed by atoms with Crippen LogP contribution in [0.5, 0.6) is 0 Å². The number of rotatable bonds is 1. The van der Waals surface area contributed by atoms with Crippen LogP contribution in [0.1, 0.15) is 32.6 Å². The summed E-state index contributed by atoms with van der Waals surface area (Å²) in [4.78, 5) is 10.6. The van der Waals surface area contributed by atoms with E-state index in [1.165, 1.54) is 6.92 Å². The van der Waals surface area contributed by atoms with Gasteiger partial charge in [0, 0.05) is 12.8 Å². The summed E-state index contributed by atoms with van der Waals surface area (Å²) in [6, 6.07) is 0. The molecule has 12 heavy (non-hydrogen) atoms. The van der Waals surface area contributed by atoms with Gasteiger partial charge in [0.15, 0.2) is 0 Å². The molecular weight excluding hydrogens is 166 g/mol. The van der Waals surface area contributed by atoms with Crippen LogP contribution in [0.4, 0.5) is 8.78 Å². The second kappa shape index (κ2) is 2.68. The van der Waals surface area contributed by atoms with Crippen molar-refractivity contribution in [2.45, 2.75) is 38.5 Å². The van der Waals surface area contributed by atoms with Crippen molar-refractivity contribution >= 4 is 5.97 Å². The first kappa shape index (κ1) is 9.42. The highest BCUT2D eigenvalue weighted by Crippen LogP contribution is 2.43. The lowest BCUT2D eigenvalue weighted by Crippen LogP contribution is -2.36. The molecule has 4 heteroatoms. The molecule has 1 N–H and O–H groups in total. The quantitative estimate of drug-likeness (QED) is 0.668. The van der Waals surface area contributed by atoms with Crippen molar-refractivity contribution in [2.75, 3.05) is 0 Å². The van der Waals surface area contributed by atoms with Crippen molar-refractivity contribution in [1.82, 2.24) is 0 Å². The Hall–Kier alpha value is -0.670. The first-order valence-corrected chi connectivity index (χ1v) is 3.97. The summed E-state index contributed by atoms with van der Waals surface area (Å²) in [5.74, 6) is -3.60. The molecule has 2 nitrogen and oxygen atoms in total. The summed E-state index contributed by atoms with van der Waals surface area (Å²) in [5.41, 5.74) is -0.929. The van der Waals surface area contributed by atoms with Crippen LogP contribution in [0.2, 0.25) is 0 Å². The van der Waals surface area contributed by atoms with E-state index < -0.39 is 17.3 Å². The molecule has 0 radical (unpaired) electrons. The second-order valence-corrected chi connectivity index (χ2v) is 3.72. The Morgan fingerprint density at radius 3 is 2.00 bits per heavy atom. The lowest BCUT2D eigenvalue weighted by Gasteiger charge is -2.33. The highest BCUT2D eigenvalue weighted by molar-refractivity contribution is 5.74. The molecule has 0 amide bonds. The smallest absolute Gasteiger partial charge is 0.309 e. The van der Waals surface area contributed by atoms with Crippen LogP contribution in [0.15, 0.2) is 0 Å². The molecule has 0 aromatic rings. The van der Waals surface area contributed by atoms with Gasteiger partial charge in [-0.25, -0.2) is 8.78 Å². The van der Waals surface area contributed by atoms with Gasteiger partial charge < -0.3 is 5.11 Å². The lowest BCUT2D eigenvalue weighted by atomic mass is 9.74. The van der Waals surface area contributed by atoms with Crippen LogP contribution in [-0.2, 0) is 4.79 Å². The summed E-state index contributed by atoms with van der Waals surface area (Å²) in [7, 11) is 0. The van der Waals surface area contributed by atoms with Crippen molar-refractivity contribution in [2.24, 2.45) is 5.41 Å². The Morgan fingerprint density at radius 1 is 1.25 bits per heavy atom. The Bertz CT molecular complexity index is 191. The van der Waals surface area contributed by atoms with Gasteiger partial charge in [-0.1, -0.05) is 0 Å². The van der Waals surface area contributed by atoms with Gasteiger partial charge >= 0.3 is 5.97 Å². The van der Waals surface area contributed by atoms with Gasteiger partial charge in [0.25, 0.3) is 0 Å². The molecule has 0 aromatic carbocycles. The number of carboxylic acid groups (broad SMARTS) is 1. The fourth-order valence-electron chi connectivity index (χ4n) is 1.38. The monoisotopic (exact) mass is 178 g/mol. The van der Waals surface area contributed by atoms with E-state index in [0.717, 1.165) is 0 Å². The number of hydrogen-bond donors (Lipinski definition) is 1. The Balaban J connectivity index is 2.62. The first-order chi connectivity index (χ1) is 5.36. The summed E-state index contributed by atoms with van der Waals surface area (Å²) < 4.78 is 25.2. The van der Waals surface area contributed by atoms with Gasteiger partial charge in [-0.15, -0.1) is 0 Å². The fraction of sp³-hybridized carbons (Fsp3) is 0.875. The zero-order chi connectivity index (χ0) is 9.41. The average molecular weight is 178 g/mol. The molecule has 1 aliphatic rings. The van der Waals surface area contributed by atoms with Gasteiger partial charge in [0.05, 0.1) is 5.41 Å². The number of carboxylic acids is 1. The standard InChI is InChI=1S/C8H12F2O2/c1-7(6(11)12)2-4-8(9,10)5-3-7/h2-5H2,1H3,(H,11,12). The van der Waals surface area contributed by atoms with Gasteiger partial charge in [-0.2, -0.15) is 0 Å². The Kier molecular flexibility index (Phi) is 2.10. The Morgan fingerprint density at radius 2 is 1.67 bits per heavy atom. The van der Waals surface area contributed by atoms with E-state index in [9.17, 15) is 13.6 Å². The molecule has 1 saturated carbocycles. The van der Waals surface area contributed by atoms with Crippen LogP contribution in [0, 0.1) is 5.41 Å². The topological polar surface area (TPSA) is 37.3 Å². The summed E-state index contributed by atoms with van der Waals surface area (Å²) in [6.07, 6.45) is -0.434. The van der Waals surface area contributed by atoms with Gasteiger partial charge in [-0.05, 0) is 19.8 Å². The van der Waals surface area contributed by atoms with Gasteiger partial charge in [0.2, 0.25) is 5.92 Å². The normalized spacial score (nSPS) is 26.6. The molecule has 0 saturated heterocycles. The van der Waals surface area contributed by atoms with Crippen molar-refractivity contribution in [1.29, 1.82) is 0 Å². The zero-order valence-corrected chi connectivity index (χ0v) is 6.94. The van der Waals surface area contributed by atoms with Crippen LogP contribution in [-0.4, -0.2) is 17.0 Å². The summed E-state index contributed by atoms with van der Waals surface area (Å²) in [5, 5.41) is 8.72. The van der Waals surface area contributed by atoms with E-state index in [1.807, 2.05) is 0 Å². The van der Waals surface area contributed by atoms with E-state index in [-0.39, 0.29) is 25.7 Å². The highest BCUT2D eigenvalue weighted by atomic mass is 19.3. The third-order valence-electron chi connectivity index (χ3n) is 2.60. The minimum absolute atomic E-state index is 0.0787. The van der Waals surface area contributed by atoms with Crippen molar-refractivity contribution in [3.63, 3.8) is 0 Å². The molecule has 70 valence electrons. The molecule has 0 aliphatic heterocycles. The van der Waals surface area contributed by atoms with E-state index in [1.54, 1.807) is 0 Å². The highest BCUT2D eigenvalue weighted by Gasteiger charge is 2.44. The van der Waals surface area contributed by atoms with Crippen molar-refractivity contribution < 1.29 is 18.7 Å². The molecule has 0 bridgehead atoms. The third kappa shape index (κ3) is 1.73. The SMILES string of the molecule is CC1(C(=O)O)CCC(F)(F)CC1. The number of carbonyl (C=O) groups is 1. The van der Waals surface area contributed by atoms with Crippen LogP contribution in [0.3, 0.4) is 0 Å². The molecule has 0 unspecified atom stereocenters. The maximum absolute atomic E-state index is 12.6. The summed E-state index contributed by atoms with van der Waals surface area (Å²) in [6.45, 7) is 1.53. The van der Waals surface area contributed by atoms with Gasteiger partial charge in [0.1, 0.15) is 0 Å². The Labute approximate surface area is 69.6 Å². The molecule has 1 rings (SSSR count). The third-order valence-corrected chi connectivity index (χ3v) is 2.60. The summed E-state index contributed by atoms with van der Waals surface area (Å²) >= 11 is 0. The van der Waals surface area contributed by atoms with Gasteiger partial charge in [-0.3, -0.25) is 4.79 Å². The molecule has 1 aliphatic carbocycles. The van der Waals surface area contributed by atoms with E-state index in [2.05, 4.69) is 0 Å². The zero-order valence-electron chi connectivity index (χ0n) is 6.94. The maximum Gasteiger partial charge on any atom is 0.309 e. The number of alkyl halides is 2. The molecule has 0 spiro atoms. The van der Waals surface area contributed by atoms with E-state index in [0.29, 0.717) is 0 Å². The average Bonchev–Trinajstić information content (AvgIpc) is 1.96. The van der Waals surface area contributed by atoms with Crippen molar-refractivity contribution in [3.05, 3.63) is 0 Å². The van der Waals surface area contributed by atoms with E-state index >= 15 is 0 Å². The predicted molar refractivity (Wildman–Crippen MR) is 39.2 cm³/mol. The van der Waals surface area contributed by atoms with Crippen LogP contribution >= 0.6 is 0 Å². The minimum atomic E-state index is -2.64. The van der Waals surface area contributed by atoms with Crippen LogP contribution in [0.25, 0.3) is 0 Å². The molecule has 1 fully saturated rings. The number of aliphatic carboxylic acids is 1. The largest absolute Gasteiger partial charge is 0.481 e. The van der Waals surface area contributed by atoms with Crippen LogP contribution < -0.4 is 0 Å². The molecular formula is C8H12F2O2. The fourth-order valence-corrected chi connectivity index (χ4v) is 1.38. The lowest BCUT2D eigenvalue weighted by molar-refractivity contribution is -0.155. The predicted octanol–water partition coefficient (Wildman–Crippen LogP) is 2.29. The molecule has 0 heterocycles. The minimum Gasteiger partial charge on any atom is -0.481 e. The number of halogens is 2. The van der Waals surface area contributed by atoms with E-state index in [4.69, 9.17) is 5.11 Å². The van der Waals surface area contributed by atoms with Crippen molar-refractivity contribution in [3.8, 4) is 0 Å². The first-order valence-electron chi connectivity index (χ1n) is 3.97. The molecule has 0 aromatic heterocycles. The second-order valence-electron chi connectivity index (χ2n) is 3.72. The maximum atomic E-state index is 12.6. The number of hydrogen-bond acceptors (Lipinski definition) is 1.